The van der Waals surface area contributed by atoms with Crippen molar-refractivity contribution in [2.45, 2.75) is 13.5 Å². The molecule has 0 aliphatic carbocycles. The summed E-state index contributed by atoms with van der Waals surface area (Å²) in [7, 11) is 1.98. The van der Waals surface area contributed by atoms with E-state index in [-0.39, 0.29) is 5.91 Å². The average molecular weight is 233 g/mol. The Morgan fingerprint density at radius 2 is 2.12 bits per heavy atom. The minimum Gasteiger partial charge on any atom is -0.399 e. The van der Waals surface area contributed by atoms with E-state index in [1.807, 2.05) is 37.1 Å². The third kappa shape index (κ3) is 2.77. The molecule has 2 rings (SSSR count). The highest BCUT2D eigenvalue weighted by atomic mass is 16.2. The molecular formula is C13H19N3O. The minimum atomic E-state index is 0.204. The van der Waals surface area contributed by atoms with Gasteiger partial charge in [0.15, 0.2) is 0 Å². The zero-order valence-corrected chi connectivity index (χ0v) is 10.4. The fourth-order valence-corrected chi connectivity index (χ4v) is 2.10. The summed E-state index contributed by atoms with van der Waals surface area (Å²) in [5.74, 6) is 0.204. The van der Waals surface area contributed by atoms with Crippen molar-refractivity contribution in [2.24, 2.45) is 0 Å². The molecule has 1 fully saturated rings. The van der Waals surface area contributed by atoms with Crippen molar-refractivity contribution < 1.29 is 4.79 Å². The zero-order valence-electron chi connectivity index (χ0n) is 10.4. The number of amides is 1. The zero-order chi connectivity index (χ0) is 12.4. The van der Waals surface area contributed by atoms with E-state index in [1.165, 1.54) is 5.56 Å². The van der Waals surface area contributed by atoms with E-state index in [0.29, 0.717) is 13.1 Å². The molecule has 1 aliphatic rings. The van der Waals surface area contributed by atoms with Crippen LogP contribution < -0.4 is 5.73 Å². The lowest BCUT2D eigenvalue weighted by atomic mass is 10.1. The molecule has 0 atom stereocenters. The SMILES string of the molecule is Cc1cc(N)ccc1CN1CCN(C)CC1=O. The molecule has 92 valence electrons. The summed E-state index contributed by atoms with van der Waals surface area (Å²) in [5, 5.41) is 0. The molecule has 2 N–H and O–H groups in total. The highest BCUT2D eigenvalue weighted by molar-refractivity contribution is 5.79. The van der Waals surface area contributed by atoms with Crippen molar-refractivity contribution in [3.63, 3.8) is 0 Å². The number of piperazine rings is 1. The third-order valence-corrected chi connectivity index (χ3v) is 3.24. The second kappa shape index (κ2) is 4.75. The van der Waals surface area contributed by atoms with Crippen molar-refractivity contribution in [3.05, 3.63) is 29.3 Å². The molecule has 17 heavy (non-hydrogen) atoms. The molecule has 1 aliphatic heterocycles. The lowest BCUT2D eigenvalue weighted by Gasteiger charge is -2.32. The molecule has 4 nitrogen and oxygen atoms in total. The normalized spacial score (nSPS) is 17.5. The van der Waals surface area contributed by atoms with Gasteiger partial charge < -0.3 is 10.6 Å². The molecule has 1 aromatic carbocycles. The predicted molar refractivity (Wildman–Crippen MR) is 68.5 cm³/mol. The van der Waals surface area contributed by atoms with Gasteiger partial charge in [0.25, 0.3) is 0 Å². The maximum Gasteiger partial charge on any atom is 0.237 e. The highest BCUT2D eigenvalue weighted by Crippen LogP contribution is 2.15. The Morgan fingerprint density at radius 1 is 1.35 bits per heavy atom. The molecule has 0 unspecified atom stereocenters. The van der Waals surface area contributed by atoms with Gasteiger partial charge in [0.1, 0.15) is 0 Å². The van der Waals surface area contributed by atoms with Crippen molar-refractivity contribution >= 4 is 11.6 Å². The smallest absolute Gasteiger partial charge is 0.237 e. The number of nitrogens with two attached hydrogens (primary N) is 1. The van der Waals surface area contributed by atoms with Crippen LogP contribution in [0, 0.1) is 6.92 Å². The van der Waals surface area contributed by atoms with Gasteiger partial charge in [0, 0.05) is 25.3 Å². The number of aryl methyl sites for hydroxylation is 1. The van der Waals surface area contributed by atoms with Crippen molar-refractivity contribution in [2.75, 3.05) is 32.4 Å². The average Bonchev–Trinajstić information content (AvgIpc) is 2.25. The fourth-order valence-electron chi connectivity index (χ4n) is 2.10. The van der Waals surface area contributed by atoms with Crippen LogP contribution in [0.3, 0.4) is 0 Å². The summed E-state index contributed by atoms with van der Waals surface area (Å²) < 4.78 is 0. The molecule has 0 bridgehead atoms. The van der Waals surface area contributed by atoms with Crippen LogP contribution in [0.4, 0.5) is 5.69 Å². The molecular weight excluding hydrogens is 214 g/mol. The molecule has 0 aromatic heterocycles. The standard InChI is InChI=1S/C13H19N3O/c1-10-7-12(14)4-3-11(10)8-16-6-5-15(2)9-13(16)17/h3-4,7H,5-6,8-9,14H2,1-2H3. The second-order valence-corrected chi connectivity index (χ2v) is 4.74. The van der Waals surface area contributed by atoms with E-state index in [2.05, 4.69) is 4.90 Å². The predicted octanol–water partition coefficient (Wildman–Crippen LogP) is 0.851. The van der Waals surface area contributed by atoms with E-state index >= 15 is 0 Å². The van der Waals surface area contributed by atoms with Crippen LogP contribution in [-0.4, -0.2) is 42.4 Å². The Balaban J connectivity index is 2.08. The van der Waals surface area contributed by atoms with Crippen LogP contribution in [0.15, 0.2) is 18.2 Å². The number of carbonyl (C=O) groups excluding carboxylic acids is 1. The van der Waals surface area contributed by atoms with Gasteiger partial charge in [-0.15, -0.1) is 0 Å². The van der Waals surface area contributed by atoms with Gasteiger partial charge in [-0.1, -0.05) is 6.07 Å². The van der Waals surface area contributed by atoms with Gasteiger partial charge in [0.05, 0.1) is 6.54 Å². The highest BCUT2D eigenvalue weighted by Gasteiger charge is 2.21. The lowest BCUT2D eigenvalue weighted by molar-refractivity contribution is -0.136. The first-order chi connectivity index (χ1) is 8.06. The molecule has 4 heteroatoms. The summed E-state index contributed by atoms with van der Waals surface area (Å²) in [4.78, 5) is 15.8. The number of carbonyl (C=O) groups is 1. The van der Waals surface area contributed by atoms with Gasteiger partial charge in [-0.05, 0) is 37.2 Å². The molecule has 0 spiro atoms. The largest absolute Gasteiger partial charge is 0.399 e. The molecule has 0 radical (unpaired) electrons. The number of likely N-dealkylation sites (N-methyl/N-ethyl adjacent to an activating group) is 1. The van der Waals surface area contributed by atoms with Gasteiger partial charge in [-0.25, -0.2) is 0 Å². The first kappa shape index (κ1) is 11.9. The van der Waals surface area contributed by atoms with Gasteiger partial charge in [-0.3, -0.25) is 9.69 Å². The monoisotopic (exact) mass is 233 g/mol. The Kier molecular flexibility index (Phi) is 3.33. The van der Waals surface area contributed by atoms with Gasteiger partial charge >= 0.3 is 0 Å². The van der Waals surface area contributed by atoms with Crippen LogP contribution >= 0.6 is 0 Å². The van der Waals surface area contributed by atoms with E-state index in [4.69, 9.17) is 5.73 Å². The summed E-state index contributed by atoms with van der Waals surface area (Å²) >= 11 is 0. The minimum absolute atomic E-state index is 0.204. The van der Waals surface area contributed by atoms with E-state index in [0.717, 1.165) is 24.3 Å². The van der Waals surface area contributed by atoms with Crippen LogP contribution in [-0.2, 0) is 11.3 Å². The van der Waals surface area contributed by atoms with Crippen LogP contribution in [0.1, 0.15) is 11.1 Å². The Morgan fingerprint density at radius 3 is 2.76 bits per heavy atom. The van der Waals surface area contributed by atoms with Crippen LogP contribution in [0.5, 0.6) is 0 Å². The van der Waals surface area contributed by atoms with E-state index in [9.17, 15) is 4.79 Å². The molecule has 0 saturated carbocycles. The van der Waals surface area contributed by atoms with Crippen LogP contribution in [0.2, 0.25) is 0 Å². The Hall–Kier alpha value is -1.55. The molecule has 1 amide bonds. The fraction of sp³-hybridized carbons (Fsp3) is 0.462. The van der Waals surface area contributed by atoms with Crippen molar-refractivity contribution in [1.29, 1.82) is 0 Å². The third-order valence-electron chi connectivity index (χ3n) is 3.24. The van der Waals surface area contributed by atoms with E-state index in [1.54, 1.807) is 0 Å². The second-order valence-electron chi connectivity index (χ2n) is 4.74. The summed E-state index contributed by atoms with van der Waals surface area (Å²) in [6.45, 7) is 5.00. The van der Waals surface area contributed by atoms with Gasteiger partial charge in [0.2, 0.25) is 5.91 Å². The maximum absolute atomic E-state index is 11.8. The topological polar surface area (TPSA) is 49.6 Å². The number of hydrogen-bond acceptors (Lipinski definition) is 3. The van der Waals surface area contributed by atoms with Crippen molar-refractivity contribution in [1.82, 2.24) is 9.80 Å². The maximum atomic E-state index is 11.8. The number of nitrogens with zero attached hydrogens (tertiary/aromatic N) is 2. The van der Waals surface area contributed by atoms with E-state index < -0.39 is 0 Å². The summed E-state index contributed by atoms with van der Waals surface area (Å²) in [6, 6.07) is 5.86. The molecule has 1 heterocycles. The number of benzene rings is 1. The number of hydrogen-bond donors (Lipinski definition) is 1. The van der Waals surface area contributed by atoms with Crippen molar-refractivity contribution in [3.8, 4) is 0 Å². The molecule has 1 aromatic rings. The lowest BCUT2D eigenvalue weighted by Crippen LogP contribution is -2.48. The first-order valence-corrected chi connectivity index (χ1v) is 5.87. The Labute approximate surface area is 102 Å². The summed E-state index contributed by atoms with van der Waals surface area (Å²) in [6.07, 6.45) is 0. The molecule has 1 saturated heterocycles. The summed E-state index contributed by atoms with van der Waals surface area (Å²) in [5.41, 5.74) is 8.82. The van der Waals surface area contributed by atoms with Gasteiger partial charge in [-0.2, -0.15) is 0 Å². The Bertz CT molecular complexity index is 431. The number of rotatable bonds is 2. The first-order valence-electron chi connectivity index (χ1n) is 5.87. The van der Waals surface area contributed by atoms with Crippen LogP contribution in [0.25, 0.3) is 0 Å². The quantitative estimate of drug-likeness (QED) is 0.770. The number of nitrogen functional groups attached to an aromatic ring is 1. The number of anilines is 1.